The summed E-state index contributed by atoms with van der Waals surface area (Å²) in [7, 11) is 4.87. The summed E-state index contributed by atoms with van der Waals surface area (Å²) in [5.41, 5.74) is 0. The molecule has 0 amide bonds. The van der Waals surface area contributed by atoms with Gasteiger partial charge in [0.25, 0.3) is 0 Å². The molecule has 0 aliphatic carbocycles. The molecule has 7 heteroatoms. The van der Waals surface area contributed by atoms with Crippen LogP contribution in [0.25, 0.3) is 0 Å². The van der Waals surface area contributed by atoms with Crippen LogP contribution >= 0.6 is 0 Å². The van der Waals surface area contributed by atoms with E-state index in [0.717, 1.165) is 0 Å². The molecule has 0 spiro atoms. The van der Waals surface area contributed by atoms with Gasteiger partial charge in [-0.25, -0.2) is 0 Å². The maximum Gasteiger partial charge on any atom is 0.905 e. The van der Waals surface area contributed by atoms with Crippen LogP contribution in [0.4, 0.5) is 0 Å². The lowest BCUT2D eigenvalue weighted by atomic mass is 10.8. The van der Waals surface area contributed by atoms with Crippen molar-refractivity contribution in [2.45, 2.75) is 0 Å². The van der Waals surface area contributed by atoms with Gasteiger partial charge in [-0.1, -0.05) is 0 Å². The highest BCUT2D eigenvalue weighted by Crippen LogP contribution is 1.93. The van der Waals surface area contributed by atoms with Gasteiger partial charge in [0, 0.05) is 42.6 Å². The van der Waals surface area contributed by atoms with Crippen LogP contribution in [0.15, 0.2) is 0 Å². The van der Waals surface area contributed by atoms with Crippen LogP contribution in [-0.4, -0.2) is 76.1 Å². The summed E-state index contributed by atoms with van der Waals surface area (Å²) in [6.45, 7) is 3.04. The molecular formula is C9H23AlO6. The Morgan fingerprint density at radius 1 is 0.625 bits per heavy atom. The summed E-state index contributed by atoms with van der Waals surface area (Å²) in [6, 6.07) is 0. The van der Waals surface area contributed by atoms with E-state index in [1.165, 1.54) is 0 Å². The van der Waals surface area contributed by atoms with Crippen molar-refractivity contribution in [3.63, 3.8) is 0 Å². The van der Waals surface area contributed by atoms with Gasteiger partial charge < -0.3 is 25.6 Å². The SMILES string of the molecule is COCC[O][Al]([O]CCOC)[O]CCOC.[HH]. The van der Waals surface area contributed by atoms with E-state index in [-0.39, 0.29) is 1.43 Å². The van der Waals surface area contributed by atoms with Gasteiger partial charge in [0.1, 0.15) is 0 Å². The van der Waals surface area contributed by atoms with E-state index in [9.17, 15) is 0 Å². The third-order valence-corrected chi connectivity index (χ3v) is 3.15. The lowest BCUT2D eigenvalue weighted by molar-refractivity contribution is 0.0381. The van der Waals surface area contributed by atoms with Crippen LogP contribution < -0.4 is 0 Å². The van der Waals surface area contributed by atoms with E-state index in [4.69, 9.17) is 25.6 Å². The molecule has 0 aliphatic heterocycles. The molecule has 0 saturated heterocycles. The van der Waals surface area contributed by atoms with E-state index < -0.39 is 15.1 Å². The molecule has 0 saturated carbocycles. The van der Waals surface area contributed by atoms with Crippen LogP contribution in [0.2, 0.25) is 0 Å². The highest BCUT2D eigenvalue weighted by molar-refractivity contribution is 6.36. The highest BCUT2D eigenvalue weighted by atomic mass is 27.3. The Morgan fingerprint density at radius 2 is 0.938 bits per heavy atom. The van der Waals surface area contributed by atoms with Gasteiger partial charge in [-0.3, -0.25) is 0 Å². The van der Waals surface area contributed by atoms with Gasteiger partial charge >= 0.3 is 15.1 Å². The first kappa shape index (κ1) is 16.3. The van der Waals surface area contributed by atoms with E-state index >= 15 is 0 Å². The van der Waals surface area contributed by atoms with Gasteiger partial charge in [-0.15, -0.1) is 0 Å². The lowest BCUT2D eigenvalue weighted by Crippen LogP contribution is -2.31. The Morgan fingerprint density at radius 3 is 1.19 bits per heavy atom. The van der Waals surface area contributed by atoms with Crippen LogP contribution in [0, 0.1) is 0 Å². The zero-order valence-electron chi connectivity index (χ0n) is 10.3. The Labute approximate surface area is 104 Å². The molecule has 0 aliphatic rings. The highest BCUT2D eigenvalue weighted by Gasteiger charge is 2.30. The predicted molar refractivity (Wildman–Crippen MR) is 61.4 cm³/mol. The third-order valence-electron chi connectivity index (χ3n) is 1.62. The van der Waals surface area contributed by atoms with Crippen LogP contribution in [0.1, 0.15) is 1.43 Å². The molecule has 0 atom stereocenters. The molecule has 16 heavy (non-hydrogen) atoms. The topological polar surface area (TPSA) is 55.4 Å². The lowest BCUT2D eigenvalue weighted by Gasteiger charge is -2.13. The normalized spacial score (nSPS) is 10.7. The number of hydrogen-bond acceptors (Lipinski definition) is 6. The fraction of sp³-hybridized carbons (Fsp3) is 1.00. The fourth-order valence-electron chi connectivity index (χ4n) is 0.827. The first-order valence-electron chi connectivity index (χ1n) is 5.16. The molecule has 0 fully saturated rings. The van der Waals surface area contributed by atoms with Crippen molar-refractivity contribution in [3.05, 3.63) is 0 Å². The Bertz CT molecular complexity index is 119. The zero-order valence-corrected chi connectivity index (χ0v) is 11.4. The van der Waals surface area contributed by atoms with Crippen molar-refractivity contribution in [2.24, 2.45) is 0 Å². The molecule has 0 aromatic carbocycles. The molecule has 0 aromatic rings. The van der Waals surface area contributed by atoms with Crippen LogP contribution in [0.3, 0.4) is 0 Å². The molecule has 0 rings (SSSR count). The molecule has 98 valence electrons. The minimum Gasteiger partial charge on any atom is -0.452 e. The van der Waals surface area contributed by atoms with E-state index in [1.807, 2.05) is 0 Å². The van der Waals surface area contributed by atoms with Crippen molar-refractivity contribution >= 4 is 15.1 Å². The van der Waals surface area contributed by atoms with Crippen molar-refractivity contribution in [1.29, 1.82) is 0 Å². The van der Waals surface area contributed by atoms with Crippen LogP contribution in [-0.2, 0) is 25.6 Å². The quantitative estimate of drug-likeness (QED) is 0.366. The first-order valence-corrected chi connectivity index (χ1v) is 6.58. The van der Waals surface area contributed by atoms with Crippen molar-refractivity contribution < 1.29 is 27.0 Å². The van der Waals surface area contributed by atoms with Gasteiger partial charge in [0.15, 0.2) is 0 Å². The average molecular weight is 254 g/mol. The standard InChI is InChI=1S/3C3H7O2.Al.H2/c3*1-5-3-2-4;;/h3*2-3H2,1H3;;1H/q3*-1;+3;. The fourth-order valence-corrected chi connectivity index (χ4v) is 1.98. The van der Waals surface area contributed by atoms with Crippen molar-refractivity contribution in [2.75, 3.05) is 61.0 Å². The molecule has 0 unspecified atom stereocenters. The minimum atomic E-state index is -2.07. The second kappa shape index (κ2) is 13.4. The average Bonchev–Trinajstić information content (AvgIpc) is 2.29. The molecule has 0 heterocycles. The molecular weight excluding hydrogens is 231 g/mol. The Kier molecular flexibility index (Phi) is 13.6. The largest absolute Gasteiger partial charge is 0.905 e. The minimum absolute atomic E-state index is 0. The van der Waals surface area contributed by atoms with Gasteiger partial charge in [-0.2, -0.15) is 0 Å². The Balaban J connectivity index is 0. The summed E-state index contributed by atoms with van der Waals surface area (Å²) in [6.07, 6.45) is 0. The van der Waals surface area contributed by atoms with E-state index in [2.05, 4.69) is 0 Å². The third kappa shape index (κ3) is 10.8. The van der Waals surface area contributed by atoms with Crippen molar-refractivity contribution in [1.82, 2.24) is 0 Å². The summed E-state index contributed by atoms with van der Waals surface area (Å²) in [5, 5.41) is 0. The maximum absolute atomic E-state index is 5.43. The van der Waals surface area contributed by atoms with Crippen molar-refractivity contribution in [3.8, 4) is 0 Å². The summed E-state index contributed by atoms with van der Waals surface area (Å²) in [4.78, 5) is 0. The molecule has 6 nitrogen and oxygen atoms in total. The predicted octanol–water partition coefficient (Wildman–Crippen LogP) is 0.206. The maximum atomic E-state index is 5.43. The summed E-state index contributed by atoms with van der Waals surface area (Å²) < 4.78 is 30.9. The second-order valence-electron chi connectivity index (χ2n) is 2.88. The monoisotopic (exact) mass is 254 g/mol. The van der Waals surface area contributed by atoms with Crippen LogP contribution in [0.5, 0.6) is 0 Å². The number of ether oxygens (including phenoxy) is 3. The Hall–Kier alpha value is 0.292. The molecule has 0 radical (unpaired) electrons. The second-order valence-corrected chi connectivity index (χ2v) is 4.46. The zero-order chi connectivity index (χ0) is 12.1. The van der Waals surface area contributed by atoms with E-state index in [0.29, 0.717) is 39.6 Å². The first-order chi connectivity index (χ1) is 7.85. The van der Waals surface area contributed by atoms with Gasteiger partial charge in [0.2, 0.25) is 0 Å². The van der Waals surface area contributed by atoms with Gasteiger partial charge in [-0.05, 0) is 0 Å². The summed E-state index contributed by atoms with van der Waals surface area (Å²) in [5.74, 6) is 0. The molecule has 0 N–H and O–H groups in total. The smallest absolute Gasteiger partial charge is 0.452 e. The number of rotatable bonds is 12. The summed E-state index contributed by atoms with van der Waals surface area (Å²) >= 11 is -2.07. The molecule has 0 bridgehead atoms. The van der Waals surface area contributed by atoms with Gasteiger partial charge in [0.05, 0.1) is 19.8 Å². The molecule has 0 aromatic heterocycles. The number of hydrogen-bond donors (Lipinski definition) is 0. The number of methoxy groups -OCH3 is 3. The van der Waals surface area contributed by atoms with E-state index in [1.54, 1.807) is 21.3 Å².